The number of anilines is 1. The summed E-state index contributed by atoms with van der Waals surface area (Å²) in [6.45, 7) is 2.07. The van der Waals surface area contributed by atoms with Gasteiger partial charge in [0, 0.05) is 35.1 Å². The van der Waals surface area contributed by atoms with Crippen LogP contribution in [0.4, 0.5) is 5.69 Å². The number of thiocarbonyl (C=S) groups is 1. The zero-order valence-corrected chi connectivity index (χ0v) is 11.9. The second kappa shape index (κ2) is 5.94. The quantitative estimate of drug-likeness (QED) is 0.847. The van der Waals surface area contributed by atoms with E-state index in [1.54, 1.807) is 0 Å². The molecule has 1 aliphatic rings. The van der Waals surface area contributed by atoms with E-state index in [0.29, 0.717) is 4.99 Å². The Kier molecular flexibility index (Phi) is 4.54. The van der Waals surface area contributed by atoms with Gasteiger partial charge in [0.15, 0.2) is 0 Å². The summed E-state index contributed by atoms with van der Waals surface area (Å²) in [4.78, 5) is 2.77. The van der Waals surface area contributed by atoms with Gasteiger partial charge in [0.25, 0.3) is 0 Å². The first kappa shape index (κ1) is 13.0. The van der Waals surface area contributed by atoms with Gasteiger partial charge >= 0.3 is 0 Å². The molecule has 0 spiro atoms. The predicted octanol–water partition coefficient (Wildman–Crippen LogP) is 2.92. The van der Waals surface area contributed by atoms with Crippen molar-refractivity contribution < 1.29 is 0 Å². The number of thioether (sulfide) groups is 1. The van der Waals surface area contributed by atoms with Crippen LogP contribution in [0, 0.1) is 0 Å². The molecule has 2 rings (SSSR count). The normalized spacial score (nSPS) is 16.6. The molecule has 0 bridgehead atoms. The van der Waals surface area contributed by atoms with Crippen LogP contribution in [0.1, 0.15) is 12.0 Å². The lowest BCUT2D eigenvalue weighted by molar-refractivity contribution is 0.815. The highest BCUT2D eigenvalue weighted by atomic mass is 35.5. The Morgan fingerprint density at radius 3 is 2.94 bits per heavy atom. The Morgan fingerprint density at radius 1 is 1.35 bits per heavy atom. The van der Waals surface area contributed by atoms with E-state index in [4.69, 9.17) is 29.6 Å². The number of halogens is 1. The maximum absolute atomic E-state index is 6.07. The van der Waals surface area contributed by atoms with Crippen LogP contribution in [-0.4, -0.2) is 29.6 Å². The molecular formula is C12H15ClN2S2. The molecule has 0 saturated carbocycles. The van der Waals surface area contributed by atoms with Crippen LogP contribution >= 0.6 is 35.6 Å². The van der Waals surface area contributed by atoms with Gasteiger partial charge in [0.05, 0.1) is 0 Å². The van der Waals surface area contributed by atoms with E-state index in [1.165, 1.54) is 12.2 Å². The molecule has 0 radical (unpaired) electrons. The number of rotatable bonds is 2. The molecule has 92 valence electrons. The summed E-state index contributed by atoms with van der Waals surface area (Å²) in [5, 5.41) is 0.733. The van der Waals surface area contributed by atoms with Crippen LogP contribution in [0.2, 0.25) is 5.02 Å². The molecule has 1 heterocycles. The van der Waals surface area contributed by atoms with Crippen LogP contribution < -0.4 is 10.6 Å². The number of hydrogen-bond acceptors (Lipinski definition) is 3. The summed E-state index contributed by atoms with van der Waals surface area (Å²) < 4.78 is 0. The van der Waals surface area contributed by atoms with E-state index < -0.39 is 0 Å². The highest BCUT2D eigenvalue weighted by Gasteiger charge is 2.15. The van der Waals surface area contributed by atoms with Crippen molar-refractivity contribution in [2.75, 3.05) is 29.5 Å². The van der Waals surface area contributed by atoms with Gasteiger partial charge in [-0.3, -0.25) is 0 Å². The molecule has 17 heavy (non-hydrogen) atoms. The van der Waals surface area contributed by atoms with Gasteiger partial charge in [-0.15, -0.1) is 0 Å². The summed E-state index contributed by atoms with van der Waals surface area (Å²) >= 11 is 13.2. The molecule has 1 saturated heterocycles. The molecule has 0 aliphatic carbocycles. The molecule has 0 aromatic heterocycles. The van der Waals surface area contributed by atoms with Crippen LogP contribution in [0.25, 0.3) is 0 Å². The molecule has 1 aromatic rings. The molecule has 0 atom stereocenters. The Hall–Kier alpha value is -0.450. The first-order chi connectivity index (χ1) is 8.18. The average molecular weight is 287 g/mol. The second-order valence-corrected chi connectivity index (χ2v) is 6.08. The fraction of sp³-hybridized carbons (Fsp3) is 0.417. The average Bonchev–Trinajstić information content (AvgIpc) is 2.56. The minimum Gasteiger partial charge on any atom is -0.389 e. The van der Waals surface area contributed by atoms with E-state index >= 15 is 0 Å². The van der Waals surface area contributed by atoms with Crippen LogP contribution in [0.5, 0.6) is 0 Å². The largest absolute Gasteiger partial charge is 0.389 e. The molecule has 1 aliphatic heterocycles. The van der Waals surface area contributed by atoms with Crippen molar-refractivity contribution in [3.05, 3.63) is 28.8 Å². The van der Waals surface area contributed by atoms with Crippen molar-refractivity contribution in [1.82, 2.24) is 0 Å². The number of benzene rings is 1. The third-order valence-electron chi connectivity index (χ3n) is 2.79. The SMILES string of the molecule is NC(=S)c1ccc(Cl)cc1N1CCCSCC1. The lowest BCUT2D eigenvalue weighted by Gasteiger charge is -2.25. The summed E-state index contributed by atoms with van der Waals surface area (Å²) in [5.74, 6) is 2.36. The molecule has 1 aromatic carbocycles. The Balaban J connectivity index is 2.34. The van der Waals surface area contributed by atoms with E-state index in [1.807, 2.05) is 30.0 Å². The van der Waals surface area contributed by atoms with Crippen molar-refractivity contribution in [2.24, 2.45) is 5.73 Å². The molecule has 0 unspecified atom stereocenters. The van der Waals surface area contributed by atoms with Gasteiger partial charge < -0.3 is 10.6 Å². The van der Waals surface area contributed by atoms with Crippen molar-refractivity contribution in [1.29, 1.82) is 0 Å². The first-order valence-corrected chi connectivity index (χ1v) is 7.54. The predicted molar refractivity (Wildman–Crippen MR) is 81.5 cm³/mol. The first-order valence-electron chi connectivity index (χ1n) is 5.60. The van der Waals surface area contributed by atoms with Gasteiger partial charge in [0.1, 0.15) is 4.99 Å². The molecule has 0 amide bonds. The van der Waals surface area contributed by atoms with Crippen molar-refractivity contribution >= 4 is 46.3 Å². The minimum absolute atomic E-state index is 0.438. The topological polar surface area (TPSA) is 29.3 Å². The van der Waals surface area contributed by atoms with Gasteiger partial charge in [0.2, 0.25) is 0 Å². The highest BCUT2D eigenvalue weighted by Crippen LogP contribution is 2.27. The molecule has 2 N–H and O–H groups in total. The van der Waals surface area contributed by atoms with Gasteiger partial charge in [-0.1, -0.05) is 23.8 Å². The fourth-order valence-electron chi connectivity index (χ4n) is 1.96. The number of nitrogens with zero attached hydrogens (tertiary/aromatic N) is 1. The third-order valence-corrected chi connectivity index (χ3v) is 4.29. The van der Waals surface area contributed by atoms with E-state index in [2.05, 4.69) is 4.90 Å². The maximum atomic E-state index is 6.07. The second-order valence-electron chi connectivity index (χ2n) is 3.98. The van der Waals surface area contributed by atoms with Crippen molar-refractivity contribution in [2.45, 2.75) is 6.42 Å². The minimum atomic E-state index is 0.438. The Morgan fingerprint density at radius 2 is 2.18 bits per heavy atom. The third kappa shape index (κ3) is 3.27. The Bertz CT molecular complexity index is 415. The van der Waals surface area contributed by atoms with E-state index in [0.717, 1.165) is 35.1 Å². The van der Waals surface area contributed by atoms with Crippen LogP contribution in [-0.2, 0) is 0 Å². The lowest BCUT2D eigenvalue weighted by atomic mass is 10.1. The van der Waals surface area contributed by atoms with Crippen LogP contribution in [0.15, 0.2) is 18.2 Å². The molecule has 1 fully saturated rings. The summed E-state index contributed by atoms with van der Waals surface area (Å²) in [6.07, 6.45) is 1.19. The van der Waals surface area contributed by atoms with E-state index in [9.17, 15) is 0 Å². The van der Waals surface area contributed by atoms with E-state index in [-0.39, 0.29) is 0 Å². The smallest absolute Gasteiger partial charge is 0.106 e. The summed E-state index contributed by atoms with van der Waals surface area (Å²) in [5.41, 5.74) is 7.77. The Labute approximate surface area is 117 Å². The molecule has 2 nitrogen and oxygen atoms in total. The van der Waals surface area contributed by atoms with Gasteiger partial charge in [-0.25, -0.2) is 0 Å². The van der Waals surface area contributed by atoms with Gasteiger partial charge in [-0.05, 0) is 30.4 Å². The number of nitrogens with two attached hydrogens (primary N) is 1. The summed E-state index contributed by atoms with van der Waals surface area (Å²) in [7, 11) is 0. The monoisotopic (exact) mass is 286 g/mol. The maximum Gasteiger partial charge on any atom is 0.106 e. The standard InChI is InChI=1S/C12H15ClN2S2/c13-9-2-3-10(12(14)16)11(8-9)15-4-1-6-17-7-5-15/h2-3,8H,1,4-7H2,(H2,14,16). The fourth-order valence-corrected chi connectivity index (χ4v) is 3.19. The molecular weight excluding hydrogens is 272 g/mol. The van der Waals surface area contributed by atoms with Crippen LogP contribution in [0.3, 0.4) is 0 Å². The van der Waals surface area contributed by atoms with Gasteiger partial charge in [-0.2, -0.15) is 11.8 Å². The van der Waals surface area contributed by atoms with Crippen molar-refractivity contribution in [3.8, 4) is 0 Å². The zero-order chi connectivity index (χ0) is 12.3. The summed E-state index contributed by atoms with van der Waals surface area (Å²) in [6, 6.07) is 5.72. The lowest BCUT2D eigenvalue weighted by Crippen LogP contribution is -2.28. The zero-order valence-electron chi connectivity index (χ0n) is 9.49. The highest BCUT2D eigenvalue weighted by molar-refractivity contribution is 7.99. The molecule has 5 heteroatoms. The number of hydrogen-bond donors (Lipinski definition) is 1. The van der Waals surface area contributed by atoms with Crippen molar-refractivity contribution in [3.63, 3.8) is 0 Å².